The van der Waals surface area contributed by atoms with Crippen LogP contribution < -0.4 is 5.32 Å². The van der Waals surface area contributed by atoms with Crippen molar-refractivity contribution in [3.05, 3.63) is 40.8 Å². The molecule has 0 aromatic carbocycles. The summed E-state index contributed by atoms with van der Waals surface area (Å²) in [6, 6.07) is 4.07. The number of hydrogen-bond donors (Lipinski definition) is 1. The number of nitrogens with zero attached hydrogens (tertiary/aromatic N) is 3. The third-order valence-corrected chi connectivity index (χ3v) is 6.13. The Bertz CT molecular complexity index is 798. The fraction of sp³-hybridized carbons (Fsp3) is 0.591. The predicted octanol–water partition coefficient (Wildman–Crippen LogP) is 4.53. The van der Waals surface area contributed by atoms with Gasteiger partial charge in [0, 0.05) is 24.0 Å². The van der Waals surface area contributed by atoms with Gasteiger partial charge in [-0.2, -0.15) is 5.10 Å². The van der Waals surface area contributed by atoms with Gasteiger partial charge in [0.25, 0.3) is 0 Å². The van der Waals surface area contributed by atoms with Crippen molar-refractivity contribution in [2.75, 3.05) is 5.32 Å². The normalized spacial score (nSPS) is 17.9. The summed E-state index contributed by atoms with van der Waals surface area (Å²) in [5.74, 6) is 2.03. The number of aromatic nitrogens is 3. The molecule has 0 bridgehead atoms. The fourth-order valence-corrected chi connectivity index (χ4v) is 4.22. The summed E-state index contributed by atoms with van der Waals surface area (Å²) >= 11 is 0. The number of pyridine rings is 1. The third kappa shape index (κ3) is 4.40. The van der Waals surface area contributed by atoms with Crippen molar-refractivity contribution in [3.63, 3.8) is 0 Å². The molecule has 2 aliphatic carbocycles. The van der Waals surface area contributed by atoms with Crippen LogP contribution in [0, 0.1) is 19.8 Å². The van der Waals surface area contributed by atoms with Crippen molar-refractivity contribution < 1.29 is 4.79 Å². The number of hydrogen-bond acceptors (Lipinski definition) is 3. The molecule has 2 aliphatic rings. The largest absolute Gasteiger partial charge is 0.310 e. The van der Waals surface area contributed by atoms with Gasteiger partial charge in [-0.15, -0.1) is 0 Å². The van der Waals surface area contributed by atoms with Crippen LogP contribution >= 0.6 is 0 Å². The van der Waals surface area contributed by atoms with Crippen molar-refractivity contribution in [2.24, 2.45) is 5.92 Å². The number of carbonyl (C=O) groups excluding carboxylic acids is 1. The third-order valence-electron chi connectivity index (χ3n) is 6.13. The fourth-order valence-electron chi connectivity index (χ4n) is 4.22. The molecular weight excluding hydrogens is 336 g/mol. The maximum atomic E-state index is 12.5. The Morgan fingerprint density at radius 3 is 2.59 bits per heavy atom. The van der Waals surface area contributed by atoms with Crippen LogP contribution in [-0.4, -0.2) is 20.7 Å². The average Bonchev–Trinajstić information content (AvgIpc) is 3.46. The minimum atomic E-state index is -0.0231. The highest BCUT2D eigenvalue weighted by Gasteiger charge is 2.24. The van der Waals surface area contributed by atoms with Crippen molar-refractivity contribution in [2.45, 2.75) is 77.7 Å². The summed E-state index contributed by atoms with van der Waals surface area (Å²) < 4.78 is 2.08. The first-order valence-electron chi connectivity index (χ1n) is 10.4. The van der Waals surface area contributed by atoms with Gasteiger partial charge in [0.1, 0.15) is 5.82 Å². The van der Waals surface area contributed by atoms with Gasteiger partial charge in [-0.3, -0.25) is 9.48 Å². The van der Waals surface area contributed by atoms with Crippen LogP contribution in [0.5, 0.6) is 0 Å². The minimum absolute atomic E-state index is 0.0231. The van der Waals surface area contributed by atoms with Gasteiger partial charge in [0.2, 0.25) is 5.91 Å². The molecule has 2 aromatic heterocycles. The second-order valence-electron chi connectivity index (χ2n) is 8.31. The number of aryl methyl sites for hydroxylation is 1. The second kappa shape index (κ2) is 7.83. The van der Waals surface area contributed by atoms with Gasteiger partial charge in [-0.05, 0) is 63.0 Å². The molecular formula is C22H30N4O. The van der Waals surface area contributed by atoms with Crippen LogP contribution in [0.4, 0.5) is 5.82 Å². The van der Waals surface area contributed by atoms with Crippen molar-refractivity contribution in [1.29, 1.82) is 0 Å². The predicted molar refractivity (Wildman–Crippen MR) is 107 cm³/mol. The maximum Gasteiger partial charge on any atom is 0.230 e. The molecule has 27 heavy (non-hydrogen) atoms. The summed E-state index contributed by atoms with van der Waals surface area (Å²) in [6.45, 7) is 5.05. The van der Waals surface area contributed by atoms with Crippen LogP contribution in [-0.2, 0) is 17.8 Å². The minimum Gasteiger partial charge on any atom is -0.310 e. The molecule has 144 valence electrons. The lowest BCUT2D eigenvalue weighted by Crippen LogP contribution is -2.16. The highest BCUT2D eigenvalue weighted by molar-refractivity contribution is 5.91. The second-order valence-corrected chi connectivity index (χ2v) is 8.31. The lowest BCUT2D eigenvalue weighted by atomic mass is 9.85. The van der Waals surface area contributed by atoms with Gasteiger partial charge in [-0.25, -0.2) is 4.98 Å². The van der Waals surface area contributed by atoms with E-state index in [4.69, 9.17) is 0 Å². The van der Waals surface area contributed by atoms with E-state index in [1.54, 1.807) is 0 Å². The van der Waals surface area contributed by atoms with Crippen LogP contribution in [0.3, 0.4) is 0 Å². The first kappa shape index (κ1) is 18.2. The van der Waals surface area contributed by atoms with E-state index in [1.165, 1.54) is 50.5 Å². The van der Waals surface area contributed by atoms with Crippen LogP contribution in [0.25, 0.3) is 0 Å². The Kier molecular flexibility index (Phi) is 5.28. The molecule has 1 N–H and O–H groups in total. The monoisotopic (exact) mass is 366 g/mol. The molecule has 2 saturated carbocycles. The zero-order valence-electron chi connectivity index (χ0n) is 16.5. The van der Waals surface area contributed by atoms with Gasteiger partial charge in [-0.1, -0.05) is 25.3 Å². The van der Waals surface area contributed by atoms with E-state index < -0.39 is 0 Å². The van der Waals surface area contributed by atoms with Gasteiger partial charge < -0.3 is 5.32 Å². The molecule has 2 heterocycles. The molecule has 5 nitrogen and oxygen atoms in total. The van der Waals surface area contributed by atoms with Gasteiger partial charge in [0.15, 0.2) is 0 Å². The topological polar surface area (TPSA) is 59.8 Å². The number of carbonyl (C=O) groups is 1. The number of rotatable bonds is 6. The average molecular weight is 367 g/mol. The molecule has 5 heteroatoms. The number of anilines is 1. The van der Waals surface area contributed by atoms with Crippen LogP contribution in [0.15, 0.2) is 18.3 Å². The van der Waals surface area contributed by atoms with Crippen molar-refractivity contribution >= 4 is 11.7 Å². The Morgan fingerprint density at radius 2 is 1.93 bits per heavy atom. The van der Waals surface area contributed by atoms with E-state index in [1.807, 2.05) is 19.2 Å². The first-order chi connectivity index (χ1) is 13.1. The molecule has 0 atom stereocenters. The highest BCUT2D eigenvalue weighted by atomic mass is 16.1. The molecule has 0 radical (unpaired) electrons. The smallest absolute Gasteiger partial charge is 0.230 e. The standard InChI is InChI=1S/C22H30N4O/c1-15-20(16(2)26(25-15)14-17-8-9-17)12-22(27)24-21-11-10-19(13-23-21)18-6-4-3-5-7-18/h10-11,13,17-18H,3-9,12,14H2,1-2H3,(H,23,24,27). The van der Waals surface area contributed by atoms with Gasteiger partial charge in [0.05, 0.1) is 12.1 Å². The maximum absolute atomic E-state index is 12.5. The lowest BCUT2D eigenvalue weighted by Gasteiger charge is -2.21. The lowest BCUT2D eigenvalue weighted by molar-refractivity contribution is -0.115. The van der Waals surface area contributed by atoms with Crippen molar-refractivity contribution in [1.82, 2.24) is 14.8 Å². The number of amides is 1. The first-order valence-corrected chi connectivity index (χ1v) is 10.4. The van der Waals surface area contributed by atoms with Crippen molar-refractivity contribution in [3.8, 4) is 0 Å². The van der Waals surface area contributed by atoms with E-state index >= 15 is 0 Å². The van der Waals surface area contributed by atoms with E-state index in [0.29, 0.717) is 18.2 Å². The molecule has 4 rings (SSSR count). The molecule has 0 saturated heterocycles. The SMILES string of the molecule is Cc1nn(CC2CC2)c(C)c1CC(=O)Nc1ccc(C2CCCCC2)cn1. The Labute approximate surface area is 161 Å². The Balaban J connectivity index is 1.37. The number of nitrogens with one attached hydrogen (secondary N) is 1. The zero-order valence-corrected chi connectivity index (χ0v) is 16.5. The van der Waals surface area contributed by atoms with E-state index in [9.17, 15) is 4.79 Å². The van der Waals surface area contributed by atoms with Gasteiger partial charge >= 0.3 is 0 Å². The Morgan fingerprint density at radius 1 is 1.15 bits per heavy atom. The molecule has 0 unspecified atom stereocenters. The quantitative estimate of drug-likeness (QED) is 0.817. The summed E-state index contributed by atoms with van der Waals surface area (Å²) in [7, 11) is 0. The van der Waals surface area contributed by atoms with Crippen LogP contribution in [0.2, 0.25) is 0 Å². The Hall–Kier alpha value is -2.17. The molecule has 0 aliphatic heterocycles. The zero-order chi connectivity index (χ0) is 18.8. The molecule has 2 aromatic rings. The summed E-state index contributed by atoms with van der Waals surface area (Å²) in [6.07, 6.45) is 11.4. The summed E-state index contributed by atoms with van der Waals surface area (Å²) in [5, 5.41) is 7.59. The molecule has 1 amide bonds. The summed E-state index contributed by atoms with van der Waals surface area (Å²) in [4.78, 5) is 17.0. The van der Waals surface area contributed by atoms with E-state index in [2.05, 4.69) is 33.1 Å². The summed E-state index contributed by atoms with van der Waals surface area (Å²) in [5.41, 5.74) is 4.44. The van der Waals surface area contributed by atoms with E-state index in [-0.39, 0.29) is 5.91 Å². The molecule has 2 fully saturated rings. The van der Waals surface area contributed by atoms with E-state index in [0.717, 1.165) is 29.4 Å². The van der Waals surface area contributed by atoms with Crippen LogP contribution in [0.1, 0.15) is 73.4 Å². The molecule has 0 spiro atoms. The highest BCUT2D eigenvalue weighted by Crippen LogP contribution is 2.33.